The highest BCUT2D eigenvalue weighted by atomic mass is 16.5. The molecule has 2 heteroatoms. The average Bonchev–Trinajstić information content (AvgIpc) is 2.19. The van der Waals surface area contributed by atoms with E-state index in [4.69, 9.17) is 4.74 Å². The van der Waals surface area contributed by atoms with E-state index in [0.717, 1.165) is 11.3 Å². The zero-order valence-electron chi connectivity index (χ0n) is 9.95. The van der Waals surface area contributed by atoms with Crippen molar-refractivity contribution in [3.8, 4) is 5.75 Å². The van der Waals surface area contributed by atoms with Gasteiger partial charge in [-0.05, 0) is 19.9 Å². The lowest BCUT2D eigenvalue weighted by Gasteiger charge is -2.35. The molecule has 1 aromatic carbocycles. The number of fused-ring (bicyclic) bond motifs is 1. The quantitative estimate of drug-likeness (QED) is 0.708. The van der Waals surface area contributed by atoms with Crippen LogP contribution in [0.25, 0.3) is 0 Å². The van der Waals surface area contributed by atoms with E-state index < -0.39 is 0 Å². The maximum absolute atomic E-state index is 9.82. The monoisotopic (exact) mass is 208 g/mol. The van der Waals surface area contributed by atoms with E-state index in [1.54, 1.807) is 0 Å². The average molecular weight is 208 g/mol. The third-order valence-electron chi connectivity index (χ3n) is 2.35. The van der Waals surface area contributed by atoms with Crippen LogP contribution in [0.3, 0.4) is 0 Å². The van der Waals surface area contributed by atoms with E-state index in [9.17, 15) is 5.11 Å². The summed E-state index contributed by atoms with van der Waals surface area (Å²) in [6, 6.07) is 7.66. The first-order valence-electron chi connectivity index (χ1n) is 5.54. The molecule has 0 bridgehead atoms. The molecule has 15 heavy (non-hydrogen) atoms. The van der Waals surface area contributed by atoms with Gasteiger partial charge in [0.25, 0.3) is 0 Å². The van der Waals surface area contributed by atoms with Crippen LogP contribution in [0, 0.1) is 0 Å². The Hall–Kier alpha value is -1.02. The van der Waals surface area contributed by atoms with Gasteiger partial charge in [0.05, 0.1) is 6.10 Å². The van der Waals surface area contributed by atoms with Crippen LogP contribution in [0.4, 0.5) is 0 Å². The zero-order valence-corrected chi connectivity index (χ0v) is 9.95. The highest BCUT2D eigenvalue weighted by molar-refractivity contribution is 5.37. The third kappa shape index (κ3) is 2.72. The predicted molar refractivity (Wildman–Crippen MR) is 62.1 cm³/mol. The standard InChI is InChI=1S/C11H14O2.C2H6/c1-11(2)7-9(12)8-5-3-4-6-10(8)13-11;1-2/h3-6,9,12H,7H2,1-2H3;1-2H3. The number of rotatable bonds is 0. The number of para-hydroxylation sites is 1. The summed E-state index contributed by atoms with van der Waals surface area (Å²) < 4.78 is 5.73. The smallest absolute Gasteiger partial charge is 0.125 e. The zero-order chi connectivity index (χ0) is 11.5. The number of ether oxygens (including phenoxy) is 1. The molecule has 1 aliphatic heterocycles. The number of hydrogen-bond acceptors (Lipinski definition) is 2. The second-order valence-corrected chi connectivity index (χ2v) is 4.12. The normalized spacial score (nSPS) is 21.8. The number of aliphatic hydroxyl groups excluding tert-OH is 1. The van der Waals surface area contributed by atoms with Crippen LogP contribution in [-0.4, -0.2) is 10.7 Å². The van der Waals surface area contributed by atoms with Crippen LogP contribution in [0.1, 0.15) is 45.8 Å². The molecule has 1 heterocycles. The molecule has 0 spiro atoms. The molecule has 1 atom stereocenters. The molecule has 0 saturated carbocycles. The summed E-state index contributed by atoms with van der Waals surface area (Å²) in [7, 11) is 0. The first-order chi connectivity index (χ1) is 7.08. The predicted octanol–water partition coefficient (Wildman–Crippen LogP) is 3.31. The van der Waals surface area contributed by atoms with Gasteiger partial charge in [-0.15, -0.1) is 0 Å². The van der Waals surface area contributed by atoms with E-state index in [1.165, 1.54) is 0 Å². The van der Waals surface area contributed by atoms with Gasteiger partial charge in [-0.25, -0.2) is 0 Å². The second-order valence-electron chi connectivity index (χ2n) is 4.12. The minimum absolute atomic E-state index is 0.256. The van der Waals surface area contributed by atoms with Gasteiger partial charge >= 0.3 is 0 Å². The van der Waals surface area contributed by atoms with Crippen molar-refractivity contribution in [3.05, 3.63) is 29.8 Å². The molecule has 1 aromatic rings. The maximum Gasteiger partial charge on any atom is 0.125 e. The van der Waals surface area contributed by atoms with Crippen LogP contribution in [0.15, 0.2) is 24.3 Å². The van der Waals surface area contributed by atoms with Gasteiger partial charge in [-0.1, -0.05) is 32.0 Å². The fourth-order valence-corrected chi connectivity index (χ4v) is 1.76. The van der Waals surface area contributed by atoms with Crippen molar-refractivity contribution in [2.24, 2.45) is 0 Å². The molecule has 1 N–H and O–H groups in total. The van der Waals surface area contributed by atoms with Crippen molar-refractivity contribution >= 4 is 0 Å². The Kier molecular flexibility index (Phi) is 3.75. The summed E-state index contributed by atoms with van der Waals surface area (Å²) in [6.45, 7) is 7.98. The summed E-state index contributed by atoms with van der Waals surface area (Å²) >= 11 is 0. The SMILES string of the molecule is CC.CC1(C)CC(O)c2ccccc2O1. The van der Waals surface area contributed by atoms with Crippen LogP contribution in [-0.2, 0) is 0 Å². The molecule has 2 rings (SSSR count). The van der Waals surface area contributed by atoms with E-state index >= 15 is 0 Å². The van der Waals surface area contributed by atoms with Crippen molar-refractivity contribution < 1.29 is 9.84 Å². The Bertz CT molecular complexity index is 318. The molecule has 1 aliphatic rings. The molecular weight excluding hydrogens is 188 g/mol. The fourth-order valence-electron chi connectivity index (χ4n) is 1.76. The molecule has 0 aliphatic carbocycles. The largest absolute Gasteiger partial charge is 0.487 e. The molecule has 0 amide bonds. The van der Waals surface area contributed by atoms with Gasteiger partial charge in [0.1, 0.15) is 11.4 Å². The molecule has 1 unspecified atom stereocenters. The lowest BCUT2D eigenvalue weighted by Crippen LogP contribution is -2.34. The van der Waals surface area contributed by atoms with E-state index in [0.29, 0.717) is 6.42 Å². The Morgan fingerprint density at radius 2 is 1.87 bits per heavy atom. The van der Waals surface area contributed by atoms with Gasteiger partial charge < -0.3 is 9.84 Å². The van der Waals surface area contributed by atoms with Gasteiger partial charge in [-0.3, -0.25) is 0 Å². The fraction of sp³-hybridized carbons (Fsp3) is 0.538. The van der Waals surface area contributed by atoms with Crippen molar-refractivity contribution in [1.82, 2.24) is 0 Å². The highest BCUT2D eigenvalue weighted by Crippen LogP contribution is 2.38. The van der Waals surface area contributed by atoms with Gasteiger partial charge in [0.15, 0.2) is 0 Å². The minimum atomic E-state index is -0.389. The molecule has 0 aromatic heterocycles. The van der Waals surface area contributed by atoms with Crippen LogP contribution in [0.2, 0.25) is 0 Å². The molecule has 0 saturated heterocycles. The Morgan fingerprint density at radius 1 is 1.27 bits per heavy atom. The first kappa shape index (κ1) is 12.1. The number of hydrogen-bond donors (Lipinski definition) is 1. The first-order valence-corrected chi connectivity index (χ1v) is 5.54. The summed E-state index contributed by atoms with van der Waals surface area (Å²) in [5, 5.41) is 9.82. The maximum atomic E-state index is 9.82. The summed E-state index contributed by atoms with van der Waals surface area (Å²) in [4.78, 5) is 0. The summed E-state index contributed by atoms with van der Waals surface area (Å²) in [5.74, 6) is 0.811. The second kappa shape index (κ2) is 4.67. The summed E-state index contributed by atoms with van der Waals surface area (Å²) in [5.41, 5.74) is 0.648. The third-order valence-corrected chi connectivity index (χ3v) is 2.35. The Morgan fingerprint density at radius 3 is 2.53 bits per heavy atom. The molecule has 84 valence electrons. The topological polar surface area (TPSA) is 29.5 Å². The van der Waals surface area contributed by atoms with E-state index in [1.807, 2.05) is 52.0 Å². The van der Waals surface area contributed by atoms with Crippen LogP contribution in [0.5, 0.6) is 5.75 Å². The highest BCUT2D eigenvalue weighted by Gasteiger charge is 2.31. The van der Waals surface area contributed by atoms with Gasteiger partial charge in [0, 0.05) is 12.0 Å². The molecule has 0 fully saturated rings. The van der Waals surface area contributed by atoms with Crippen molar-refractivity contribution in [2.45, 2.75) is 45.8 Å². The van der Waals surface area contributed by atoms with Crippen molar-refractivity contribution in [2.75, 3.05) is 0 Å². The van der Waals surface area contributed by atoms with Crippen LogP contribution < -0.4 is 4.74 Å². The van der Waals surface area contributed by atoms with Crippen molar-refractivity contribution in [3.63, 3.8) is 0 Å². The van der Waals surface area contributed by atoms with E-state index in [-0.39, 0.29) is 11.7 Å². The van der Waals surface area contributed by atoms with E-state index in [2.05, 4.69) is 0 Å². The minimum Gasteiger partial charge on any atom is -0.487 e. The Balaban J connectivity index is 0.000000531. The van der Waals surface area contributed by atoms with Gasteiger partial charge in [-0.2, -0.15) is 0 Å². The molecular formula is C13H20O2. The Labute approximate surface area is 91.9 Å². The van der Waals surface area contributed by atoms with Crippen molar-refractivity contribution in [1.29, 1.82) is 0 Å². The molecule has 0 radical (unpaired) electrons. The number of aliphatic hydroxyl groups is 1. The lowest BCUT2D eigenvalue weighted by molar-refractivity contribution is 0.0115. The molecule has 2 nitrogen and oxygen atoms in total. The van der Waals surface area contributed by atoms with Crippen LogP contribution >= 0.6 is 0 Å². The summed E-state index contributed by atoms with van der Waals surface area (Å²) in [6.07, 6.45) is 0.268. The lowest BCUT2D eigenvalue weighted by atomic mass is 9.92. The number of benzene rings is 1. The van der Waals surface area contributed by atoms with Gasteiger partial charge in [0.2, 0.25) is 0 Å².